The first-order valence-electron chi connectivity index (χ1n) is 2.29. The Morgan fingerprint density at radius 2 is 1.50 bits per heavy atom. The van der Waals surface area contributed by atoms with Crippen molar-refractivity contribution in [1.82, 2.24) is 0 Å². The van der Waals surface area contributed by atoms with Gasteiger partial charge in [-0.05, 0) is 0 Å². The van der Waals surface area contributed by atoms with Crippen LogP contribution < -0.4 is 48.0 Å². The van der Waals surface area contributed by atoms with E-state index in [1.807, 2.05) is 25.7 Å². The Morgan fingerprint density at radius 1 is 1.08 bits per heavy atom. The summed E-state index contributed by atoms with van der Waals surface area (Å²) in [5.74, 6) is 0. The van der Waals surface area contributed by atoms with E-state index in [0.29, 0.717) is 0 Å². The summed E-state index contributed by atoms with van der Waals surface area (Å²) < 4.78 is 0. The third kappa shape index (κ3) is 30.8. The molecule has 0 amide bonds. The molecule has 0 aliphatic heterocycles. The van der Waals surface area contributed by atoms with E-state index in [2.05, 4.69) is 12.2 Å². The number of allylic oxidation sites excluding steroid dienone is 4. The Balaban J connectivity index is -0.0000000213. The summed E-state index contributed by atoms with van der Waals surface area (Å²) >= 11 is 0. The minimum atomic E-state index is 0. The van der Waals surface area contributed by atoms with Gasteiger partial charge in [0.15, 0.2) is 0 Å². The Hall–Kier alpha value is 0.799. The van der Waals surface area contributed by atoms with Crippen LogP contribution in [0.4, 0.5) is 0 Å². The van der Waals surface area contributed by atoms with Gasteiger partial charge in [0, 0.05) is 0 Å². The Bertz CT molecular complexity index is 95.6. The van der Waals surface area contributed by atoms with Gasteiger partial charge in [-0.2, -0.15) is 6.08 Å². The number of halogens is 2. The molecule has 1 aliphatic rings. The molecule has 5 heteroatoms. The molecule has 0 aromatic rings. The Kier molecular flexibility index (Phi) is 99.9. The van der Waals surface area contributed by atoms with Crippen LogP contribution in [0.1, 0.15) is 6.42 Å². The van der Waals surface area contributed by atoms with Crippen molar-refractivity contribution in [3.8, 4) is 0 Å². The van der Waals surface area contributed by atoms with Crippen LogP contribution in [0, 0.1) is 6.08 Å². The summed E-state index contributed by atoms with van der Waals surface area (Å²) in [4.78, 5) is 16.0. The van der Waals surface area contributed by atoms with E-state index in [4.69, 9.17) is 9.59 Å². The van der Waals surface area contributed by atoms with Gasteiger partial charge in [0.2, 0.25) is 0 Å². The van der Waals surface area contributed by atoms with Crippen molar-refractivity contribution in [2.24, 2.45) is 0 Å². The Morgan fingerprint density at radius 3 is 1.58 bits per heavy atom. The number of carbonyl (C=O) groups excluding carboxylic acids is 2. The number of carbonyl (C=O) groups is 2. The first-order valence-corrected chi connectivity index (χ1v) is 2.29. The summed E-state index contributed by atoms with van der Waals surface area (Å²) in [5.41, 5.74) is 0. The van der Waals surface area contributed by atoms with E-state index < -0.39 is 0 Å². The van der Waals surface area contributed by atoms with Crippen LogP contribution >= 0.6 is 0 Å². The molecule has 0 heterocycles. The van der Waals surface area contributed by atoms with E-state index in [-0.39, 0.29) is 65.0 Å². The van der Waals surface area contributed by atoms with Gasteiger partial charge in [-0.25, -0.2) is 12.2 Å². The number of rotatable bonds is 0. The van der Waals surface area contributed by atoms with Gasteiger partial charge in [0.25, 0.3) is 0 Å². The standard InChI is InChI=1S/C5H5.2CH2O.Fe.2HI/c1-2-4-5-3-1;2*1-2;;;/h1-3H,4H2;2*1H2;;2*1H/q-1;;;+3;;/p-2. The largest absolute Gasteiger partial charge is 3.00 e. The van der Waals surface area contributed by atoms with Gasteiger partial charge in [-0.15, -0.1) is 6.42 Å². The predicted octanol–water partition coefficient (Wildman–Crippen LogP) is -5.06. The maximum atomic E-state index is 8.00. The molecule has 0 aromatic heterocycles. The van der Waals surface area contributed by atoms with Crippen molar-refractivity contribution in [2.45, 2.75) is 6.42 Å². The first-order chi connectivity index (χ1) is 4.50. The van der Waals surface area contributed by atoms with Gasteiger partial charge < -0.3 is 57.5 Å². The molecule has 1 aliphatic carbocycles. The minimum absolute atomic E-state index is 0. The molecule has 0 N–H and O–H groups in total. The molecular weight excluding hydrogens is 426 g/mol. The van der Waals surface area contributed by atoms with Crippen molar-refractivity contribution in [1.29, 1.82) is 0 Å². The van der Waals surface area contributed by atoms with Crippen LogP contribution in [-0.4, -0.2) is 13.6 Å². The van der Waals surface area contributed by atoms with Crippen molar-refractivity contribution in [2.75, 3.05) is 0 Å². The zero-order valence-corrected chi connectivity index (χ0v) is 11.7. The fourth-order valence-electron chi connectivity index (χ4n) is 0.340. The van der Waals surface area contributed by atoms with Crippen molar-refractivity contribution < 1.29 is 74.6 Å². The third-order valence-electron chi connectivity index (χ3n) is 0.586. The molecule has 71 valence electrons. The van der Waals surface area contributed by atoms with E-state index in [1.165, 1.54) is 0 Å². The van der Waals surface area contributed by atoms with Crippen LogP contribution in [0.3, 0.4) is 0 Å². The molecule has 2 nitrogen and oxygen atoms in total. The average molecular weight is 435 g/mol. The van der Waals surface area contributed by atoms with E-state index in [9.17, 15) is 0 Å². The molecule has 0 saturated carbocycles. The van der Waals surface area contributed by atoms with Crippen LogP contribution in [0.2, 0.25) is 0 Å². The van der Waals surface area contributed by atoms with Gasteiger partial charge in [0.1, 0.15) is 13.6 Å². The minimum Gasteiger partial charge on any atom is -1.00 e. The second-order valence-corrected chi connectivity index (χ2v) is 1.00. The topological polar surface area (TPSA) is 34.1 Å². The second-order valence-electron chi connectivity index (χ2n) is 1.00. The molecule has 0 unspecified atom stereocenters. The maximum Gasteiger partial charge on any atom is 3.00 e. The van der Waals surface area contributed by atoms with Gasteiger partial charge in [0.05, 0.1) is 0 Å². The van der Waals surface area contributed by atoms with Crippen LogP contribution in [0.15, 0.2) is 18.2 Å². The molecule has 0 spiro atoms. The zero-order chi connectivity index (χ0) is 7.54. The molecule has 0 atom stereocenters. The third-order valence-corrected chi connectivity index (χ3v) is 0.586. The molecule has 0 bridgehead atoms. The monoisotopic (exact) mass is 435 g/mol. The van der Waals surface area contributed by atoms with E-state index in [0.717, 1.165) is 6.42 Å². The number of hydrogen-bond acceptors (Lipinski definition) is 2. The zero-order valence-electron chi connectivity index (χ0n) is 6.28. The fraction of sp³-hybridized carbons (Fsp3) is 0.143. The second kappa shape index (κ2) is 40.9. The molecule has 0 fully saturated rings. The Labute approximate surface area is 118 Å². The molecular formula is C7H9FeI2O2. The molecule has 12 heavy (non-hydrogen) atoms. The molecule has 1 rings (SSSR count). The summed E-state index contributed by atoms with van der Waals surface area (Å²) in [6.45, 7) is 4.00. The normalized spacial score (nSPS) is 8.00. The predicted molar refractivity (Wildman–Crippen MR) is 35.8 cm³/mol. The van der Waals surface area contributed by atoms with Crippen molar-refractivity contribution in [3.63, 3.8) is 0 Å². The summed E-state index contributed by atoms with van der Waals surface area (Å²) in [6, 6.07) is 0. The summed E-state index contributed by atoms with van der Waals surface area (Å²) in [6.07, 6.45) is 10.0. The summed E-state index contributed by atoms with van der Waals surface area (Å²) in [7, 11) is 0. The fourth-order valence-corrected chi connectivity index (χ4v) is 0.340. The molecule has 0 aromatic carbocycles. The maximum absolute atomic E-state index is 8.00. The van der Waals surface area contributed by atoms with Gasteiger partial charge in [-0.1, -0.05) is 0 Å². The smallest absolute Gasteiger partial charge is 1.00 e. The van der Waals surface area contributed by atoms with Crippen LogP contribution in [0.5, 0.6) is 0 Å². The first kappa shape index (κ1) is 29.3. The van der Waals surface area contributed by atoms with Gasteiger partial charge >= 0.3 is 17.1 Å². The van der Waals surface area contributed by atoms with Gasteiger partial charge in [-0.3, -0.25) is 6.08 Å². The molecule has 0 saturated heterocycles. The summed E-state index contributed by atoms with van der Waals surface area (Å²) in [5, 5.41) is 0. The quantitative estimate of drug-likeness (QED) is 0.217. The van der Waals surface area contributed by atoms with Crippen LogP contribution in [0.25, 0.3) is 0 Å². The number of hydrogen-bond donors (Lipinski definition) is 0. The average Bonchev–Trinajstić information content (AvgIpc) is 2.51. The van der Waals surface area contributed by atoms with Crippen molar-refractivity contribution >= 4 is 13.6 Å². The van der Waals surface area contributed by atoms with Crippen molar-refractivity contribution in [3.05, 3.63) is 24.3 Å². The van der Waals surface area contributed by atoms with E-state index in [1.54, 1.807) is 0 Å². The SMILES string of the molecule is C=O.C=O.[C-]1=CC=CC1.[Fe+3].[I-].[I-]. The van der Waals surface area contributed by atoms with Crippen LogP contribution in [-0.2, 0) is 26.7 Å². The van der Waals surface area contributed by atoms with E-state index >= 15 is 0 Å². The molecule has 1 radical (unpaired) electrons.